The summed E-state index contributed by atoms with van der Waals surface area (Å²) in [5, 5.41) is 2.41. The normalized spacial score (nSPS) is 10.8. The second-order valence-corrected chi connectivity index (χ2v) is 3.69. The van der Waals surface area contributed by atoms with E-state index in [0.717, 1.165) is 0 Å². The molecule has 4 heteroatoms. The lowest BCUT2D eigenvalue weighted by Gasteiger charge is -2.19. The quantitative estimate of drug-likeness (QED) is 0.659. The van der Waals surface area contributed by atoms with Crippen LogP contribution < -0.4 is 5.32 Å². The summed E-state index contributed by atoms with van der Waals surface area (Å²) in [7, 11) is 0. The van der Waals surface area contributed by atoms with E-state index in [9.17, 15) is 9.59 Å². The predicted molar refractivity (Wildman–Crippen MR) is 48.8 cm³/mol. The van der Waals surface area contributed by atoms with Gasteiger partial charge in [0, 0.05) is 13.5 Å². The predicted octanol–water partition coefficient (Wildman–Crippen LogP) is 0.668. The van der Waals surface area contributed by atoms with Gasteiger partial charge in [0.15, 0.2) is 0 Å². The Morgan fingerprint density at radius 2 is 1.92 bits per heavy atom. The molecule has 0 saturated heterocycles. The van der Waals surface area contributed by atoms with E-state index in [1.165, 1.54) is 0 Å². The molecule has 0 bridgehead atoms. The van der Waals surface area contributed by atoms with E-state index >= 15 is 0 Å². The topological polar surface area (TPSA) is 55.4 Å². The Morgan fingerprint density at radius 3 is 2.31 bits per heavy atom. The summed E-state index contributed by atoms with van der Waals surface area (Å²) < 4.78 is 5.01. The summed E-state index contributed by atoms with van der Waals surface area (Å²) in [6, 6.07) is 0. The minimum absolute atomic E-state index is 0.179. The molecule has 0 aliphatic heterocycles. The summed E-state index contributed by atoms with van der Waals surface area (Å²) in [6.45, 7) is 8.77. The molecule has 0 atom stereocenters. The van der Waals surface area contributed by atoms with Gasteiger partial charge >= 0.3 is 5.97 Å². The summed E-state index contributed by atoms with van der Waals surface area (Å²) >= 11 is 0. The lowest BCUT2D eigenvalue weighted by Crippen LogP contribution is -2.28. The number of esters is 1. The number of rotatable bonds is 3. The number of hydrogen-bond donors (Lipinski definition) is 1. The average Bonchev–Trinajstić information content (AvgIpc) is 1.81. The Labute approximate surface area is 78.6 Å². The first-order valence-electron chi connectivity index (χ1n) is 4.13. The summed E-state index contributed by atoms with van der Waals surface area (Å²) in [5.74, 6) is -0.704. The number of nitrogens with one attached hydrogen (secondary N) is 1. The first-order valence-corrected chi connectivity index (χ1v) is 4.13. The number of carbonyl (C=O) groups excluding carboxylic acids is 2. The minimum atomic E-state index is -0.467. The maximum absolute atomic E-state index is 11.0. The van der Waals surface area contributed by atoms with Gasteiger partial charge in [0.25, 0.3) is 0 Å². The zero-order valence-corrected chi connectivity index (χ0v) is 8.35. The monoisotopic (exact) mass is 186 g/mol. The van der Waals surface area contributed by atoms with Gasteiger partial charge in [-0.3, -0.25) is 9.59 Å². The summed E-state index contributed by atoms with van der Waals surface area (Å²) in [4.78, 5) is 21.4. The molecule has 13 heavy (non-hydrogen) atoms. The molecule has 0 aromatic carbocycles. The van der Waals surface area contributed by atoms with Gasteiger partial charge in [-0.15, -0.1) is 0 Å². The number of amides is 1. The fraction of sp³-hybridized carbons (Fsp3) is 0.667. The van der Waals surface area contributed by atoms with Gasteiger partial charge in [0.2, 0.25) is 5.91 Å². The van der Waals surface area contributed by atoms with E-state index in [0.29, 0.717) is 0 Å². The van der Waals surface area contributed by atoms with Crippen LogP contribution in [0.4, 0.5) is 0 Å². The van der Waals surface area contributed by atoms with Gasteiger partial charge in [0.05, 0.1) is 6.42 Å². The molecule has 1 radical (unpaired) electrons. The molecule has 0 fully saturated rings. The van der Waals surface area contributed by atoms with Crippen molar-refractivity contribution < 1.29 is 14.3 Å². The smallest absolute Gasteiger partial charge is 0.308 e. The molecule has 0 heterocycles. The second kappa shape index (κ2) is 4.84. The molecule has 0 rings (SSSR count). The number of ether oxygens (including phenoxy) is 1. The average molecular weight is 186 g/mol. The Kier molecular flexibility index (Phi) is 4.45. The van der Waals surface area contributed by atoms with Crippen molar-refractivity contribution in [2.45, 2.75) is 32.8 Å². The maximum atomic E-state index is 11.0. The first kappa shape index (κ1) is 11.9. The van der Waals surface area contributed by atoms with Crippen molar-refractivity contribution in [2.75, 3.05) is 6.54 Å². The fourth-order valence-corrected chi connectivity index (χ4v) is 0.697. The van der Waals surface area contributed by atoms with Gasteiger partial charge < -0.3 is 10.1 Å². The van der Waals surface area contributed by atoms with Gasteiger partial charge in [0.1, 0.15) is 5.60 Å². The first-order chi connectivity index (χ1) is 5.81. The molecule has 4 nitrogen and oxygen atoms in total. The minimum Gasteiger partial charge on any atom is -0.460 e. The molecule has 1 amide bonds. The molecule has 0 unspecified atom stereocenters. The molecule has 1 N–H and O–H groups in total. The zero-order valence-electron chi connectivity index (χ0n) is 8.35. The Morgan fingerprint density at radius 1 is 1.38 bits per heavy atom. The maximum Gasteiger partial charge on any atom is 0.308 e. The fourth-order valence-electron chi connectivity index (χ4n) is 0.697. The van der Waals surface area contributed by atoms with Crippen LogP contribution in [0.15, 0.2) is 0 Å². The van der Waals surface area contributed by atoms with E-state index in [-0.39, 0.29) is 24.8 Å². The molecule has 0 spiro atoms. The van der Waals surface area contributed by atoms with E-state index in [1.807, 2.05) is 0 Å². The van der Waals surface area contributed by atoms with Crippen LogP contribution >= 0.6 is 0 Å². The summed E-state index contributed by atoms with van der Waals surface area (Å²) in [6.07, 6.45) is 0.179. The molecule has 0 aliphatic carbocycles. The molecule has 0 aromatic heterocycles. The molecule has 0 aliphatic rings. The molecular weight excluding hydrogens is 170 g/mol. The van der Waals surface area contributed by atoms with E-state index in [1.54, 1.807) is 20.8 Å². The van der Waals surface area contributed by atoms with Gasteiger partial charge in [-0.05, 0) is 20.8 Å². The van der Waals surface area contributed by atoms with E-state index < -0.39 is 5.60 Å². The molecule has 0 saturated carbocycles. The van der Waals surface area contributed by atoms with Crippen molar-refractivity contribution in [3.63, 3.8) is 0 Å². The van der Waals surface area contributed by atoms with Gasteiger partial charge in [-0.2, -0.15) is 0 Å². The van der Waals surface area contributed by atoms with Crippen molar-refractivity contribution in [3.05, 3.63) is 6.92 Å². The zero-order chi connectivity index (χ0) is 10.5. The van der Waals surface area contributed by atoms with Crippen LogP contribution in [0.3, 0.4) is 0 Å². The highest BCUT2D eigenvalue weighted by Crippen LogP contribution is 2.07. The van der Waals surface area contributed by atoms with Crippen molar-refractivity contribution in [2.24, 2.45) is 0 Å². The van der Waals surface area contributed by atoms with Crippen molar-refractivity contribution in [1.29, 1.82) is 0 Å². The van der Waals surface area contributed by atoms with E-state index in [2.05, 4.69) is 12.2 Å². The SMILES string of the molecule is [CH2]C(=O)NCCC(=O)OC(C)(C)C. The third-order valence-corrected chi connectivity index (χ3v) is 1.07. The summed E-state index contributed by atoms with van der Waals surface area (Å²) in [5.41, 5.74) is -0.467. The van der Waals surface area contributed by atoms with Gasteiger partial charge in [-0.1, -0.05) is 0 Å². The van der Waals surface area contributed by atoms with Crippen LogP contribution in [0.25, 0.3) is 0 Å². The lowest BCUT2D eigenvalue weighted by atomic mass is 10.2. The second-order valence-electron chi connectivity index (χ2n) is 3.69. The van der Waals surface area contributed by atoms with Crippen LogP contribution in [-0.4, -0.2) is 24.0 Å². The Bertz CT molecular complexity index is 194. The van der Waals surface area contributed by atoms with Gasteiger partial charge in [-0.25, -0.2) is 0 Å². The standard InChI is InChI=1S/C9H16NO3/c1-7(11)10-6-5-8(12)13-9(2,3)4/h1,5-6H2,2-4H3,(H,10,11). The number of carbonyl (C=O) groups is 2. The number of hydrogen-bond acceptors (Lipinski definition) is 3. The third kappa shape index (κ3) is 8.85. The molecular formula is C9H16NO3. The highest BCUT2D eigenvalue weighted by molar-refractivity contribution is 5.80. The Hall–Kier alpha value is -1.06. The largest absolute Gasteiger partial charge is 0.460 e. The highest BCUT2D eigenvalue weighted by Gasteiger charge is 2.15. The van der Waals surface area contributed by atoms with E-state index in [4.69, 9.17) is 4.74 Å². The Balaban J connectivity index is 3.59. The third-order valence-electron chi connectivity index (χ3n) is 1.07. The highest BCUT2D eigenvalue weighted by atomic mass is 16.6. The molecule has 75 valence electrons. The van der Waals surface area contributed by atoms with Crippen molar-refractivity contribution >= 4 is 11.9 Å². The van der Waals surface area contributed by atoms with Crippen LogP contribution in [0.1, 0.15) is 27.2 Å². The lowest BCUT2D eigenvalue weighted by molar-refractivity contribution is -0.154. The van der Waals surface area contributed by atoms with Crippen LogP contribution in [-0.2, 0) is 14.3 Å². The van der Waals surface area contributed by atoms with Crippen LogP contribution in [0, 0.1) is 6.92 Å². The van der Waals surface area contributed by atoms with Crippen molar-refractivity contribution in [3.8, 4) is 0 Å². The van der Waals surface area contributed by atoms with Crippen LogP contribution in [0.2, 0.25) is 0 Å². The van der Waals surface area contributed by atoms with Crippen LogP contribution in [0.5, 0.6) is 0 Å². The molecule has 0 aromatic rings. The van der Waals surface area contributed by atoms with Crippen molar-refractivity contribution in [1.82, 2.24) is 5.32 Å².